The molecule has 2 aromatic carbocycles. The molecule has 0 amide bonds. The summed E-state index contributed by atoms with van der Waals surface area (Å²) in [6.07, 6.45) is 0.133. The van der Waals surface area contributed by atoms with Crippen molar-refractivity contribution in [3.8, 4) is 17.2 Å². The minimum Gasteiger partial charge on any atom is -0.507 e. The lowest BCUT2D eigenvalue weighted by Crippen LogP contribution is -2.24. The zero-order valence-electron chi connectivity index (χ0n) is 13.8. The van der Waals surface area contributed by atoms with Crippen LogP contribution in [0.3, 0.4) is 0 Å². The summed E-state index contributed by atoms with van der Waals surface area (Å²) in [5, 5.41) is 10.4. The molecule has 0 spiro atoms. The number of rotatable bonds is 5. The first kappa shape index (κ1) is 17.7. The summed E-state index contributed by atoms with van der Waals surface area (Å²) < 4.78 is 10.7. The molecule has 1 N–H and O–H groups in total. The molecule has 0 aliphatic carbocycles. The van der Waals surface area contributed by atoms with Gasteiger partial charge >= 0.3 is 0 Å². The van der Waals surface area contributed by atoms with E-state index in [2.05, 4.69) is 0 Å². The van der Waals surface area contributed by atoms with E-state index in [4.69, 9.17) is 21.7 Å². The Labute approximate surface area is 146 Å². The van der Waals surface area contributed by atoms with E-state index in [9.17, 15) is 9.90 Å². The fourth-order valence-electron chi connectivity index (χ4n) is 2.12. The highest BCUT2D eigenvalue weighted by molar-refractivity contribution is 7.80. The van der Waals surface area contributed by atoms with Crippen molar-refractivity contribution in [2.75, 3.05) is 21.2 Å². The summed E-state index contributed by atoms with van der Waals surface area (Å²) >= 11 is 5.04. The highest BCUT2D eigenvalue weighted by Crippen LogP contribution is 2.27. The maximum Gasteiger partial charge on any atom is 0.264 e. The Morgan fingerprint density at radius 2 is 1.92 bits per heavy atom. The monoisotopic (exact) mass is 345 g/mol. The van der Waals surface area contributed by atoms with Gasteiger partial charge in [0.15, 0.2) is 5.78 Å². The largest absolute Gasteiger partial charge is 0.507 e. The number of hydrogen-bond donors (Lipinski definition) is 1. The zero-order valence-corrected chi connectivity index (χ0v) is 14.6. The second-order valence-electron chi connectivity index (χ2n) is 5.35. The quantitative estimate of drug-likeness (QED) is 0.664. The van der Waals surface area contributed by atoms with Gasteiger partial charge in [-0.25, -0.2) is 0 Å². The molecule has 24 heavy (non-hydrogen) atoms. The number of nitrogens with zero attached hydrogens (tertiary/aromatic N) is 1. The minimum absolute atomic E-state index is 0.133. The van der Waals surface area contributed by atoms with Crippen LogP contribution in [0, 0.1) is 0 Å². The maximum atomic E-state index is 12.5. The van der Waals surface area contributed by atoms with Crippen molar-refractivity contribution in [3.05, 3.63) is 53.6 Å². The third-order valence-electron chi connectivity index (χ3n) is 3.38. The van der Waals surface area contributed by atoms with Crippen LogP contribution in [0.15, 0.2) is 42.5 Å². The number of phenolic OH excluding ortho intramolecular Hbond substituents is 1. The number of aromatic hydroxyl groups is 1. The molecule has 5 nitrogen and oxygen atoms in total. The molecule has 0 saturated heterocycles. The fraction of sp³-hybridized carbons (Fsp3) is 0.222. The predicted molar refractivity (Wildman–Crippen MR) is 96.0 cm³/mol. The molecular formula is C18H19NO4S. The summed E-state index contributed by atoms with van der Waals surface area (Å²) in [6.45, 7) is 0. The van der Waals surface area contributed by atoms with Gasteiger partial charge in [-0.05, 0) is 30.4 Å². The van der Waals surface area contributed by atoms with Crippen molar-refractivity contribution in [3.63, 3.8) is 0 Å². The Hall–Kier alpha value is -2.60. The lowest BCUT2D eigenvalue weighted by atomic mass is 10.0. The molecule has 0 unspecified atom stereocenters. The summed E-state index contributed by atoms with van der Waals surface area (Å²) in [6, 6.07) is 11.8. The second-order valence-corrected chi connectivity index (χ2v) is 5.70. The molecular weight excluding hydrogens is 326 g/mol. The Bertz CT molecular complexity index is 758. The molecule has 2 aromatic rings. The summed E-state index contributed by atoms with van der Waals surface area (Å²) in [5.41, 5.74) is 0.988. The molecule has 0 aromatic heterocycles. The molecule has 126 valence electrons. The van der Waals surface area contributed by atoms with E-state index >= 15 is 0 Å². The van der Waals surface area contributed by atoms with Crippen LogP contribution in [0.25, 0.3) is 0 Å². The van der Waals surface area contributed by atoms with Crippen molar-refractivity contribution < 1.29 is 19.4 Å². The van der Waals surface area contributed by atoms with Gasteiger partial charge in [0.2, 0.25) is 0 Å². The number of Topliss-reactive ketones (excluding diaryl/α,β-unsaturated/α-hetero) is 1. The molecule has 0 saturated carbocycles. The van der Waals surface area contributed by atoms with Gasteiger partial charge in [0, 0.05) is 32.1 Å². The van der Waals surface area contributed by atoms with Crippen LogP contribution in [0.2, 0.25) is 0 Å². The molecule has 0 radical (unpaired) electrons. The number of para-hydroxylation sites is 1. The molecule has 2 rings (SSSR count). The fourth-order valence-corrected chi connectivity index (χ4v) is 2.22. The molecule has 0 aliphatic heterocycles. The van der Waals surface area contributed by atoms with Crippen LogP contribution >= 0.6 is 12.2 Å². The predicted octanol–water partition coefficient (Wildman–Crippen LogP) is 3.05. The summed E-state index contributed by atoms with van der Waals surface area (Å²) in [4.78, 5) is 14.1. The standard InChI is InChI=1S/C18H19NO4S/c1-19(2)18(24)23-13-8-9-14(16(21)11-13)15(20)10-12-6-4-5-7-17(12)22-3/h4-9,11,21H,10H2,1-3H3. The molecule has 0 heterocycles. The number of ether oxygens (including phenoxy) is 2. The Morgan fingerprint density at radius 3 is 2.54 bits per heavy atom. The number of thiocarbonyl (C=S) groups is 1. The van der Waals surface area contributed by atoms with Crippen LogP contribution in [-0.2, 0) is 6.42 Å². The number of phenols is 1. The number of ketones is 1. The Morgan fingerprint density at radius 1 is 1.21 bits per heavy atom. The Balaban J connectivity index is 2.17. The maximum absolute atomic E-state index is 12.5. The normalized spacial score (nSPS) is 10.1. The van der Waals surface area contributed by atoms with E-state index in [1.165, 1.54) is 12.1 Å². The van der Waals surface area contributed by atoms with E-state index in [1.807, 2.05) is 18.2 Å². The lowest BCUT2D eigenvalue weighted by molar-refractivity contribution is 0.0989. The number of carbonyl (C=O) groups excluding carboxylic acids is 1. The highest BCUT2D eigenvalue weighted by atomic mass is 32.1. The summed E-state index contributed by atoms with van der Waals surface area (Å²) in [5.74, 6) is 0.661. The minimum atomic E-state index is -0.210. The lowest BCUT2D eigenvalue weighted by Gasteiger charge is -2.14. The van der Waals surface area contributed by atoms with E-state index in [0.29, 0.717) is 11.5 Å². The van der Waals surface area contributed by atoms with Gasteiger partial charge in [-0.1, -0.05) is 18.2 Å². The van der Waals surface area contributed by atoms with Gasteiger partial charge in [-0.2, -0.15) is 0 Å². The molecule has 6 heteroatoms. The third kappa shape index (κ3) is 4.23. The summed E-state index contributed by atoms with van der Waals surface area (Å²) in [7, 11) is 5.07. The van der Waals surface area contributed by atoms with Gasteiger partial charge in [-0.3, -0.25) is 4.79 Å². The zero-order chi connectivity index (χ0) is 17.7. The van der Waals surface area contributed by atoms with Gasteiger partial charge in [0.1, 0.15) is 17.2 Å². The van der Waals surface area contributed by atoms with Crippen LogP contribution in [-0.4, -0.2) is 42.2 Å². The first-order valence-corrected chi connectivity index (χ1v) is 7.70. The third-order valence-corrected chi connectivity index (χ3v) is 3.83. The van der Waals surface area contributed by atoms with Crippen molar-refractivity contribution in [1.82, 2.24) is 4.90 Å². The van der Waals surface area contributed by atoms with Crippen molar-refractivity contribution in [1.29, 1.82) is 0 Å². The van der Waals surface area contributed by atoms with Gasteiger partial charge in [-0.15, -0.1) is 0 Å². The van der Waals surface area contributed by atoms with E-state index in [0.717, 1.165) is 5.56 Å². The second kappa shape index (κ2) is 7.79. The average Bonchev–Trinajstić information content (AvgIpc) is 2.55. The van der Waals surface area contributed by atoms with Gasteiger partial charge in [0.05, 0.1) is 12.7 Å². The van der Waals surface area contributed by atoms with E-state index in [1.54, 1.807) is 38.2 Å². The van der Waals surface area contributed by atoms with Crippen molar-refractivity contribution in [2.45, 2.75) is 6.42 Å². The van der Waals surface area contributed by atoms with Crippen molar-refractivity contribution >= 4 is 23.2 Å². The highest BCUT2D eigenvalue weighted by Gasteiger charge is 2.15. The average molecular weight is 345 g/mol. The van der Waals surface area contributed by atoms with Crippen LogP contribution in [0.4, 0.5) is 0 Å². The first-order valence-electron chi connectivity index (χ1n) is 7.29. The smallest absolute Gasteiger partial charge is 0.264 e. The first-order chi connectivity index (χ1) is 11.4. The van der Waals surface area contributed by atoms with Crippen LogP contribution in [0.5, 0.6) is 17.2 Å². The van der Waals surface area contributed by atoms with Crippen LogP contribution in [0.1, 0.15) is 15.9 Å². The molecule has 0 aliphatic rings. The number of benzene rings is 2. The topological polar surface area (TPSA) is 59.0 Å². The SMILES string of the molecule is COc1ccccc1CC(=O)c1ccc(OC(=S)N(C)C)cc1O. The van der Waals surface area contributed by atoms with Gasteiger partial charge < -0.3 is 19.5 Å². The molecule has 0 fully saturated rings. The van der Waals surface area contributed by atoms with E-state index in [-0.39, 0.29) is 28.7 Å². The molecule has 0 atom stereocenters. The number of hydrogen-bond acceptors (Lipinski definition) is 5. The Kier molecular flexibility index (Phi) is 5.76. The van der Waals surface area contributed by atoms with Crippen LogP contribution < -0.4 is 9.47 Å². The molecule has 0 bridgehead atoms. The number of methoxy groups -OCH3 is 1. The van der Waals surface area contributed by atoms with Gasteiger partial charge in [0.25, 0.3) is 5.17 Å². The number of carbonyl (C=O) groups is 1. The van der Waals surface area contributed by atoms with Crippen molar-refractivity contribution in [2.24, 2.45) is 0 Å². The van der Waals surface area contributed by atoms with E-state index < -0.39 is 0 Å².